The highest BCUT2D eigenvalue weighted by molar-refractivity contribution is 6.34. The maximum Gasteiger partial charge on any atom is 0.325 e. The molecule has 0 fully saturated rings. The Kier molecular flexibility index (Phi) is 8.77. The molecule has 1 aliphatic rings. The number of anilines is 1. The number of carbonyl (C=O) groups excluding carboxylic acids is 3. The van der Waals surface area contributed by atoms with Gasteiger partial charge in [0, 0.05) is 12.2 Å². The summed E-state index contributed by atoms with van der Waals surface area (Å²) in [6.45, 7) is 0.947. The highest BCUT2D eigenvalue weighted by Crippen LogP contribution is 2.30. The molecule has 4 rings (SSSR count). The minimum atomic E-state index is -0.533. The Bertz CT molecular complexity index is 1270. The number of hydrogen-bond acceptors (Lipinski definition) is 6. The quantitative estimate of drug-likeness (QED) is 0.311. The molecule has 9 heteroatoms. The van der Waals surface area contributed by atoms with Gasteiger partial charge in [-0.3, -0.25) is 19.3 Å². The summed E-state index contributed by atoms with van der Waals surface area (Å²) in [4.78, 5) is 41.0. The molecule has 1 aliphatic heterocycles. The number of fused-ring (bicyclic) bond motifs is 1. The molecule has 0 N–H and O–H groups in total. The molecule has 8 nitrogen and oxygen atoms in total. The number of carbonyl (C=O) groups is 3. The second-order valence-corrected chi connectivity index (χ2v) is 8.78. The van der Waals surface area contributed by atoms with Crippen LogP contribution in [0.4, 0.5) is 5.69 Å². The van der Waals surface area contributed by atoms with Crippen molar-refractivity contribution >= 4 is 35.1 Å². The third-order valence-corrected chi connectivity index (χ3v) is 6.17. The van der Waals surface area contributed by atoms with E-state index in [2.05, 4.69) is 0 Å². The average molecular weight is 523 g/mol. The van der Waals surface area contributed by atoms with Crippen LogP contribution in [0.3, 0.4) is 0 Å². The van der Waals surface area contributed by atoms with Crippen molar-refractivity contribution in [1.82, 2.24) is 4.90 Å². The molecule has 0 radical (unpaired) electrons. The molecule has 0 unspecified atom stereocenters. The summed E-state index contributed by atoms with van der Waals surface area (Å²) < 4.78 is 16.1. The Morgan fingerprint density at radius 1 is 0.946 bits per heavy atom. The molecule has 1 heterocycles. The van der Waals surface area contributed by atoms with E-state index in [-0.39, 0.29) is 36.1 Å². The zero-order valence-corrected chi connectivity index (χ0v) is 21.1. The molecule has 0 saturated carbocycles. The summed E-state index contributed by atoms with van der Waals surface area (Å²) in [7, 11) is 1.27. The fraction of sp³-hybridized carbons (Fsp3) is 0.250. The molecular formula is C28H27ClN2O6. The highest BCUT2D eigenvalue weighted by atomic mass is 35.5. The summed E-state index contributed by atoms with van der Waals surface area (Å²) in [6.07, 6.45) is 0. The van der Waals surface area contributed by atoms with Crippen LogP contribution in [-0.4, -0.2) is 56.1 Å². The largest absolute Gasteiger partial charge is 0.491 e. The van der Waals surface area contributed by atoms with Crippen LogP contribution in [0.25, 0.3) is 0 Å². The van der Waals surface area contributed by atoms with E-state index in [0.29, 0.717) is 31.3 Å². The standard InChI is InChI=1S/C28H27ClN2O6/c1-35-27(33)18-30-16-21-9-5-6-10-25(21)31(17-26(30)32)28(34)23-12-11-22(15-24(23)29)37-14-13-36-19-20-7-3-2-4-8-20/h2-12,15H,13-14,16-19H2,1H3. The lowest BCUT2D eigenvalue weighted by Gasteiger charge is -2.23. The van der Waals surface area contributed by atoms with Crippen LogP contribution in [0.5, 0.6) is 5.75 Å². The third kappa shape index (κ3) is 6.67. The van der Waals surface area contributed by atoms with Crippen molar-refractivity contribution in [1.29, 1.82) is 0 Å². The van der Waals surface area contributed by atoms with Gasteiger partial charge in [-0.15, -0.1) is 0 Å². The monoisotopic (exact) mass is 522 g/mol. The van der Waals surface area contributed by atoms with Gasteiger partial charge in [0.15, 0.2) is 0 Å². The lowest BCUT2D eigenvalue weighted by molar-refractivity contribution is -0.146. The molecule has 0 spiro atoms. The van der Waals surface area contributed by atoms with E-state index in [0.717, 1.165) is 11.1 Å². The minimum Gasteiger partial charge on any atom is -0.491 e. The van der Waals surface area contributed by atoms with Crippen LogP contribution in [-0.2, 0) is 32.2 Å². The van der Waals surface area contributed by atoms with Crippen LogP contribution in [0.1, 0.15) is 21.5 Å². The molecule has 37 heavy (non-hydrogen) atoms. The zero-order chi connectivity index (χ0) is 26.2. The second-order valence-electron chi connectivity index (χ2n) is 8.37. The predicted octanol–water partition coefficient (Wildman–Crippen LogP) is 4.10. The smallest absolute Gasteiger partial charge is 0.325 e. The number of rotatable bonds is 9. The Morgan fingerprint density at radius 2 is 1.70 bits per heavy atom. The number of para-hydroxylation sites is 1. The molecule has 3 aromatic carbocycles. The van der Waals surface area contributed by atoms with Gasteiger partial charge >= 0.3 is 5.97 Å². The summed E-state index contributed by atoms with van der Waals surface area (Å²) in [6, 6.07) is 21.8. The molecule has 2 amide bonds. The van der Waals surface area contributed by atoms with Gasteiger partial charge in [-0.1, -0.05) is 60.1 Å². The van der Waals surface area contributed by atoms with E-state index in [1.165, 1.54) is 16.9 Å². The van der Waals surface area contributed by atoms with Gasteiger partial charge in [-0.25, -0.2) is 0 Å². The van der Waals surface area contributed by atoms with Crippen molar-refractivity contribution in [2.24, 2.45) is 0 Å². The first-order valence-corrected chi connectivity index (χ1v) is 12.1. The summed E-state index contributed by atoms with van der Waals surface area (Å²) in [5, 5.41) is 0.202. The minimum absolute atomic E-state index is 0.181. The Morgan fingerprint density at radius 3 is 2.46 bits per heavy atom. The molecule has 0 bridgehead atoms. The first-order chi connectivity index (χ1) is 18.0. The maximum absolute atomic E-state index is 13.5. The second kappa shape index (κ2) is 12.4. The normalized spacial score (nSPS) is 13.1. The van der Waals surface area contributed by atoms with Crippen LogP contribution in [0.15, 0.2) is 72.8 Å². The van der Waals surface area contributed by atoms with Gasteiger partial charge < -0.3 is 19.1 Å². The topological polar surface area (TPSA) is 85.4 Å². The van der Waals surface area contributed by atoms with E-state index < -0.39 is 11.9 Å². The van der Waals surface area contributed by atoms with Crippen molar-refractivity contribution < 1.29 is 28.6 Å². The number of benzene rings is 3. The van der Waals surface area contributed by atoms with Gasteiger partial charge in [0.05, 0.1) is 30.9 Å². The van der Waals surface area contributed by atoms with Gasteiger partial charge in [-0.05, 0) is 35.4 Å². The maximum atomic E-state index is 13.5. The summed E-state index contributed by atoms with van der Waals surface area (Å²) >= 11 is 6.47. The number of halogens is 1. The van der Waals surface area contributed by atoms with Crippen molar-refractivity contribution in [3.63, 3.8) is 0 Å². The number of ether oxygens (including phenoxy) is 3. The number of amides is 2. The molecule has 0 aliphatic carbocycles. The fourth-order valence-electron chi connectivity index (χ4n) is 3.95. The van der Waals surface area contributed by atoms with Crippen molar-refractivity contribution in [3.05, 3.63) is 94.5 Å². The zero-order valence-electron chi connectivity index (χ0n) is 20.4. The van der Waals surface area contributed by atoms with Gasteiger partial charge in [0.25, 0.3) is 5.91 Å². The lowest BCUT2D eigenvalue weighted by atomic mass is 10.1. The van der Waals surface area contributed by atoms with Gasteiger partial charge in [-0.2, -0.15) is 0 Å². The van der Waals surface area contributed by atoms with Crippen molar-refractivity contribution in [2.45, 2.75) is 13.2 Å². The van der Waals surface area contributed by atoms with Crippen LogP contribution < -0.4 is 9.64 Å². The Labute approximate surface area is 220 Å². The molecule has 0 atom stereocenters. The van der Waals surface area contributed by atoms with Crippen molar-refractivity contribution in [2.75, 3.05) is 38.3 Å². The fourth-order valence-corrected chi connectivity index (χ4v) is 4.21. The lowest BCUT2D eigenvalue weighted by Crippen LogP contribution is -2.42. The van der Waals surface area contributed by atoms with Crippen LogP contribution >= 0.6 is 11.6 Å². The van der Waals surface area contributed by atoms with E-state index >= 15 is 0 Å². The average Bonchev–Trinajstić information content (AvgIpc) is 3.05. The molecule has 192 valence electrons. The molecule has 0 aromatic heterocycles. The summed E-state index contributed by atoms with van der Waals surface area (Å²) in [5.41, 5.74) is 2.63. The molecule has 0 saturated heterocycles. The van der Waals surface area contributed by atoms with E-state index in [4.69, 9.17) is 25.8 Å². The number of methoxy groups -OCH3 is 1. The number of nitrogens with zero attached hydrogens (tertiary/aromatic N) is 2. The highest BCUT2D eigenvalue weighted by Gasteiger charge is 2.31. The van der Waals surface area contributed by atoms with Gasteiger partial charge in [0.2, 0.25) is 5.91 Å². The van der Waals surface area contributed by atoms with E-state index in [1.54, 1.807) is 30.3 Å². The number of esters is 1. The third-order valence-electron chi connectivity index (χ3n) is 5.86. The molecular weight excluding hydrogens is 496 g/mol. The Balaban J connectivity index is 1.42. The van der Waals surface area contributed by atoms with Crippen molar-refractivity contribution in [3.8, 4) is 5.75 Å². The van der Waals surface area contributed by atoms with Gasteiger partial charge in [0.1, 0.15) is 25.4 Å². The predicted molar refractivity (Wildman–Crippen MR) is 139 cm³/mol. The first kappa shape index (κ1) is 26.2. The van der Waals surface area contributed by atoms with E-state index in [1.807, 2.05) is 42.5 Å². The SMILES string of the molecule is COC(=O)CN1Cc2ccccc2N(C(=O)c2ccc(OCCOCc3ccccc3)cc2Cl)CC1=O. The molecule has 3 aromatic rings. The van der Waals surface area contributed by atoms with Crippen LogP contribution in [0, 0.1) is 0 Å². The first-order valence-electron chi connectivity index (χ1n) is 11.7. The van der Waals surface area contributed by atoms with E-state index in [9.17, 15) is 14.4 Å². The Hall–Kier alpha value is -3.88. The van der Waals surface area contributed by atoms with Crippen LogP contribution in [0.2, 0.25) is 5.02 Å². The summed E-state index contributed by atoms with van der Waals surface area (Å²) in [5.74, 6) is -0.832. The number of hydrogen-bond donors (Lipinski definition) is 0.